The largest absolute Gasteiger partial charge is 0.461 e. The maximum Gasteiger partial charge on any atom is 0.169 e. The number of rotatable bonds is 5. The van der Waals surface area contributed by atoms with E-state index in [-0.39, 0.29) is 0 Å². The Labute approximate surface area is 132 Å². The molecule has 0 atom stereocenters. The minimum atomic E-state index is 0.707. The van der Waals surface area contributed by atoms with Gasteiger partial charge in [-0.15, -0.1) is 0 Å². The highest BCUT2D eigenvalue weighted by Crippen LogP contribution is 2.33. The second-order valence-electron chi connectivity index (χ2n) is 5.65. The monoisotopic (exact) mass is 294 g/mol. The number of hydrogen-bond acceptors (Lipinski definition) is 2. The Morgan fingerprint density at radius 1 is 0.682 bits per heavy atom. The molecule has 0 bridgehead atoms. The summed E-state index contributed by atoms with van der Waals surface area (Å²) in [5.41, 5.74) is 4.44. The van der Waals surface area contributed by atoms with Crippen LogP contribution in [-0.4, -0.2) is 0 Å². The minimum Gasteiger partial charge on any atom is -0.461 e. The molecule has 0 radical (unpaired) electrons. The molecule has 2 rings (SSSR count). The van der Waals surface area contributed by atoms with Crippen molar-refractivity contribution in [1.82, 2.24) is 0 Å². The normalized spacial score (nSPS) is 9.82. The van der Waals surface area contributed by atoms with Crippen LogP contribution in [0.5, 0.6) is 11.5 Å². The molecule has 0 N–H and O–H groups in total. The second kappa shape index (κ2) is 7.51. The summed E-state index contributed by atoms with van der Waals surface area (Å²) in [6.07, 6.45) is 3.46. The van der Waals surface area contributed by atoms with Gasteiger partial charge in [0.15, 0.2) is 11.5 Å². The first kappa shape index (κ1) is 15.9. The van der Waals surface area contributed by atoms with Gasteiger partial charge in [-0.05, 0) is 62.1 Å². The summed E-state index contributed by atoms with van der Waals surface area (Å²) < 4.78 is 11.5. The molecular formula is C20H22O2. The summed E-state index contributed by atoms with van der Waals surface area (Å²) in [6.45, 7) is 7.99. The van der Waals surface area contributed by atoms with Gasteiger partial charge < -0.3 is 9.47 Å². The lowest BCUT2D eigenvalue weighted by Crippen LogP contribution is -1.91. The van der Waals surface area contributed by atoms with Crippen LogP contribution >= 0.6 is 0 Å². The first-order valence-electron chi connectivity index (χ1n) is 7.36. The number of benzene rings is 2. The molecule has 0 heterocycles. The third kappa shape index (κ3) is 4.52. The Morgan fingerprint density at radius 2 is 1.27 bits per heavy atom. The van der Waals surface area contributed by atoms with Gasteiger partial charge in [0.25, 0.3) is 0 Å². The molecule has 0 aliphatic heterocycles. The van der Waals surface area contributed by atoms with E-state index in [1.54, 1.807) is 12.5 Å². The van der Waals surface area contributed by atoms with Crippen LogP contribution in [0.15, 0.2) is 72.2 Å². The molecule has 0 spiro atoms. The highest BCUT2D eigenvalue weighted by atomic mass is 16.5. The quantitative estimate of drug-likeness (QED) is 0.633. The number of allylic oxidation sites excluding steroid dienone is 2. The lowest BCUT2D eigenvalue weighted by molar-refractivity contribution is 0.412. The van der Waals surface area contributed by atoms with Gasteiger partial charge in [-0.1, -0.05) is 36.4 Å². The second-order valence-corrected chi connectivity index (χ2v) is 5.65. The lowest BCUT2D eigenvalue weighted by Gasteiger charge is -2.11. The van der Waals surface area contributed by atoms with Gasteiger partial charge in [0.2, 0.25) is 0 Å². The molecule has 2 heteroatoms. The number of hydrogen-bond donors (Lipinski definition) is 0. The van der Waals surface area contributed by atoms with Crippen molar-refractivity contribution in [3.8, 4) is 22.6 Å². The van der Waals surface area contributed by atoms with Crippen molar-refractivity contribution in [2.75, 3.05) is 0 Å². The molecule has 0 aliphatic rings. The lowest BCUT2D eigenvalue weighted by atomic mass is 10.1. The fourth-order valence-electron chi connectivity index (χ4n) is 1.87. The Kier molecular flexibility index (Phi) is 5.42. The Bertz CT molecular complexity index is 674. The third-order valence-corrected chi connectivity index (χ3v) is 2.89. The first-order chi connectivity index (χ1) is 10.6. The topological polar surface area (TPSA) is 18.5 Å². The predicted octanol–water partition coefficient (Wildman–Crippen LogP) is 5.96. The van der Waals surface area contributed by atoms with Crippen molar-refractivity contribution < 1.29 is 9.47 Å². The summed E-state index contributed by atoms with van der Waals surface area (Å²) in [7, 11) is 0. The summed E-state index contributed by atoms with van der Waals surface area (Å²) in [5, 5.41) is 0. The molecule has 0 unspecified atom stereocenters. The van der Waals surface area contributed by atoms with Crippen molar-refractivity contribution in [3.63, 3.8) is 0 Å². The summed E-state index contributed by atoms with van der Waals surface area (Å²) >= 11 is 0. The van der Waals surface area contributed by atoms with E-state index in [4.69, 9.17) is 9.47 Å². The van der Waals surface area contributed by atoms with E-state index in [0.717, 1.165) is 22.3 Å². The minimum absolute atomic E-state index is 0.707. The third-order valence-electron chi connectivity index (χ3n) is 2.89. The molecule has 2 aromatic carbocycles. The van der Waals surface area contributed by atoms with Crippen LogP contribution < -0.4 is 9.47 Å². The Hall–Kier alpha value is -2.48. The molecule has 0 amide bonds. The van der Waals surface area contributed by atoms with Gasteiger partial charge in [0.05, 0.1) is 12.5 Å². The van der Waals surface area contributed by atoms with Crippen LogP contribution in [0.2, 0.25) is 0 Å². The average Bonchev–Trinajstić information content (AvgIpc) is 2.52. The SMILES string of the molecule is CC(C)=COc1ccc(-c2ccccc2)cc1OC=C(C)C. The molecular weight excluding hydrogens is 272 g/mol. The molecule has 0 aromatic heterocycles. The van der Waals surface area contributed by atoms with E-state index < -0.39 is 0 Å². The van der Waals surface area contributed by atoms with Gasteiger partial charge in [-0.2, -0.15) is 0 Å². The molecule has 0 saturated carbocycles. The zero-order valence-corrected chi connectivity index (χ0v) is 13.6. The summed E-state index contributed by atoms with van der Waals surface area (Å²) in [5.74, 6) is 1.42. The standard InChI is InChI=1S/C20H22O2/c1-15(2)13-21-19-11-10-18(17-8-6-5-7-9-17)12-20(19)22-14-16(3)4/h5-14H,1-4H3. The van der Waals surface area contributed by atoms with Crippen LogP contribution in [0.25, 0.3) is 11.1 Å². The van der Waals surface area contributed by atoms with Crippen LogP contribution in [0.1, 0.15) is 27.7 Å². The molecule has 2 nitrogen and oxygen atoms in total. The summed E-state index contributed by atoms with van der Waals surface area (Å²) in [4.78, 5) is 0. The Morgan fingerprint density at radius 3 is 1.86 bits per heavy atom. The van der Waals surface area contributed by atoms with Gasteiger partial charge in [-0.25, -0.2) is 0 Å². The maximum atomic E-state index is 5.78. The molecule has 0 fully saturated rings. The van der Waals surface area contributed by atoms with Crippen molar-refractivity contribution in [3.05, 3.63) is 72.2 Å². The van der Waals surface area contributed by atoms with Gasteiger partial charge in [-0.3, -0.25) is 0 Å². The fraction of sp³-hybridized carbons (Fsp3) is 0.200. The number of ether oxygens (including phenoxy) is 2. The van der Waals surface area contributed by atoms with Crippen LogP contribution in [0, 0.1) is 0 Å². The van der Waals surface area contributed by atoms with E-state index >= 15 is 0 Å². The van der Waals surface area contributed by atoms with Gasteiger partial charge >= 0.3 is 0 Å². The van der Waals surface area contributed by atoms with E-state index in [0.29, 0.717) is 11.5 Å². The van der Waals surface area contributed by atoms with Crippen LogP contribution in [-0.2, 0) is 0 Å². The van der Waals surface area contributed by atoms with Crippen LogP contribution in [0.4, 0.5) is 0 Å². The van der Waals surface area contributed by atoms with Crippen molar-refractivity contribution >= 4 is 0 Å². The van der Waals surface area contributed by atoms with Gasteiger partial charge in [0.1, 0.15) is 0 Å². The molecule has 22 heavy (non-hydrogen) atoms. The highest BCUT2D eigenvalue weighted by Gasteiger charge is 2.07. The van der Waals surface area contributed by atoms with Crippen molar-refractivity contribution in [2.24, 2.45) is 0 Å². The van der Waals surface area contributed by atoms with Crippen LogP contribution in [0.3, 0.4) is 0 Å². The Balaban J connectivity index is 2.38. The predicted molar refractivity (Wildman–Crippen MR) is 92.0 cm³/mol. The first-order valence-corrected chi connectivity index (χ1v) is 7.36. The van der Waals surface area contributed by atoms with Crippen molar-refractivity contribution in [1.29, 1.82) is 0 Å². The van der Waals surface area contributed by atoms with Gasteiger partial charge in [0, 0.05) is 0 Å². The molecule has 114 valence electrons. The molecule has 0 saturated heterocycles. The molecule has 0 aliphatic carbocycles. The average molecular weight is 294 g/mol. The maximum absolute atomic E-state index is 5.78. The van der Waals surface area contributed by atoms with E-state index in [2.05, 4.69) is 12.1 Å². The van der Waals surface area contributed by atoms with Crippen molar-refractivity contribution in [2.45, 2.75) is 27.7 Å². The van der Waals surface area contributed by atoms with E-state index in [1.165, 1.54) is 0 Å². The van der Waals surface area contributed by atoms with E-state index in [1.807, 2.05) is 64.1 Å². The van der Waals surface area contributed by atoms with E-state index in [9.17, 15) is 0 Å². The fourth-order valence-corrected chi connectivity index (χ4v) is 1.87. The zero-order chi connectivity index (χ0) is 15.9. The highest BCUT2D eigenvalue weighted by molar-refractivity contribution is 5.67. The smallest absolute Gasteiger partial charge is 0.169 e. The molecule has 2 aromatic rings. The summed E-state index contributed by atoms with van der Waals surface area (Å²) in [6, 6.07) is 16.2. The zero-order valence-electron chi connectivity index (χ0n) is 13.6.